The average Bonchev–Trinajstić information content (AvgIpc) is 2.77. The SMILES string of the molecule is Cc1nc(C)c(Cc2ccc(Cl)cc2)c(N2CCN(C(=O)C3CCCCC3)CC2)n1. The fourth-order valence-electron chi connectivity index (χ4n) is 4.74. The number of amides is 1. The molecule has 2 heterocycles. The fraction of sp³-hybridized carbons (Fsp3) is 0.542. The van der Waals surface area contributed by atoms with Crippen LogP contribution in [-0.2, 0) is 11.2 Å². The molecular weight excluding hydrogens is 396 g/mol. The van der Waals surface area contributed by atoms with Gasteiger partial charge >= 0.3 is 0 Å². The van der Waals surface area contributed by atoms with Crippen LogP contribution >= 0.6 is 11.6 Å². The van der Waals surface area contributed by atoms with Crippen molar-refractivity contribution in [2.24, 2.45) is 5.92 Å². The molecule has 0 N–H and O–H groups in total. The van der Waals surface area contributed by atoms with E-state index in [9.17, 15) is 4.79 Å². The number of carbonyl (C=O) groups is 1. The third-order valence-electron chi connectivity index (χ3n) is 6.44. The van der Waals surface area contributed by atoms with Crippen LogP contribution in [0.15, 0.2) is 24.3 Å². The predicted octanol–water partition coefficient (Wildman–Crippen LogP) is 4.57. The second-order valence-corrected chi connectivity index (χ2v) is 9.05. The van der Waals surface area contributed by atoms with E-state index in [-0.39, 0.29) is 5.92 Å². The second kappa shape index (κ2) is 9.34. The molecule has 1 aliphatic carbocycles. The van der Waals surface area contributed by atoms with E-state index >= 15 is 0 Å². The minimum Gasteiger partial charge on any atom is -0.353 e. The number of halogens is 1. The van der Waals surface area contributed by atoms with E-state index in [0.717, 1.165) is 73.4 Å². The van der Waals surface area contributed by atoms with E-state index in [1.165, 1.54) is 24.8 Å². The van der Waals surface area contributed by atoms with Crippen LogP contribution < -0.4 is 4.90 Å². The number of aromatic nitrogens is 2. The van der Waals surface area contributed by atoms with Crippen molar-refractivity contribution in [1.82, 2.24) is 14.9 Å². The zero-order valence-corrected chi connectivity index (χ0v) is 18.8. The van der Waals surface area contributed by atoms with Gasteiger partial charge in [-0.05, 0) is 44.4 Å². The van der Waals surface area contributed by atoms with Gasteiger partial charge in [0.1, 0.15) is 11.6 Å². The molecule has 6 heteroatoms. The number of piperazine rings is 1. The van der Waals surface area contributed by atoms with E-state index in [0.29, 0.717) is 5.91 Å². The van der Waals surface area contributed by atoms with Gasteiger partial charge in [0.2, 0.25) is 5.91 Å². The Kier molecular flexibility index (Phi) is 6.57. The number of carbonyl (C=O) groups excluding carboxylic acids is 1. The molecule has 30 heavy (non-hydrogen) atoms. The first-order chi connectivity index (χ1) is 14.5. The molecule has 5 nitrogen and oxygen atoms in total. The maximum atomic E-state index is 12.9. The van der Waals surface area contributed by atoms with Gasteiger partial charge < -0.3 is 9.80 Å². The minimum absolute atomic E-state index is 0.245. The van der Waals surface area contributed by atoms with Crippen molar-refractivity contribution in [3.05, 3.63) is 51.9 Å². The number of aryl methyl sites for hydroxylation is 2. The monoisotopic (exact) mass is 426 g/mol. The zero-order valence-electron chi connectivity index (χ0n) is 18.0. The molecule has 1 aromatic heterocycles. The Labute approximate surface area is 184 Å². The standard InChI is InChI=1S/C24H31ClN4O/c1-17-22(16-19-8-10-21(25)11-9-19)23(27-18(2)26-17)28-12-14-29(15-13-28)24(30)20-6-4-3-5-7-20/h8-11,20H,3-7,12-16H2,1-2H3. The van der Waals surface area contributed by atoms with Crippen molar-refractivity contribution >= 4 is 23.3 Å². The first kappa shape index (κ1) is 21.1. The van der Waals surface area contributed by atoms with E-state index < -0.39 is 0 Å². The third-order valence-corrected chi connectivity index (χ3v) is 6.70. The van der Waals surface area contributed by atoms with Crippen LogP contribution in [0.25, 0.3) is 0 Å². The Balaban J connectivity index is 1.48. The summed E-state index contributed by atoms with van der Waals surface area (Å²) in [7, 11) is 0. The van der Waals surface area contributed by atoms with Crippen LogP contribution in [0.3, 0.4) is 0 Å². The van der Waals surface area contributed by atoms with Gasteiger partial charge in [-0.1, -0.05) is 43.0 Å². The summed E-state index contributed by atoms with van der Waals surface area (Å²) in [6.45, 7) is 7.21. The summed E-state index contributed by atoms with van der Waals surface area (Å²) in [6.07, 6.45) is 6.58. The van der Waals surface area contributed by atoms with E-state index in [2.05, 4.69) is 33.8 Å². The Morgan fingerprint density at radius 1 is 1.00 bits per heavy atom. The quantitative estimate of drug-likeness (QED) is 0.718. The molecule has 160 valence electrons. The van der Waals surface area contributed by atoms with Crippen LogP contribution in [0.2, 0.25) is 5.02 Å². The number of hydrogen-bond donors (Lipinski definition) is 0. The molecule has 1 amide bonds. The van der Waals surface area contributed by atoms with Gasteiger partial charge in [0, 0.05) is 54.8 Å². The molecule has 2 aromatic rings. The van der Waals surface area contributed by atoms with Crippen LogP contribution in [0.1, 0.15) is 54.7 Å². The van der Waals surface area contributed by atoms with Crippen LogP contribution in [-0.4, -0.2) is 47.0 Å². The Morgan fingerprint density at radius 3 is 2.33 bits per heavy atom. The summed E-state index contributed by atoms with van der Waals surface area (Å²) < 4.78 is 0. The largest absolute Gasteiger partial charge is 0.353 e. The summed E-state index contributed by atoms with van der Waals surface area (Å²) in [5.74, 6) is 2.42. The number of rotatable bonds is 4. The van der Waals surface area contributed by atoms with Crippen molar-refractivity contribution in [3.8, 4) is 0 Å². The first-order valence-corrected chi connectivity index (χ1v) is 11.5. The summed E-state index contributed by atoms with van der Waals surface area (Å²) in [4.78, 5) is 26.8. The summed E-state index contributed by atoms with van der Waals surface area (Å²) in [5.41, 5.74) is 3.38. The molecule has 2 aliphatic rings. The highest BCUT2D eigenvalue weighted by Crippen LogP contribution is 2.28. The molecular formula is C24H31ClN4O. The van der Waals surface area contributed by atoms with Crippen molar-refractivity contribution in [2.45, 2.75) is 52.4 Å². The molecule has 1 saturated carbocycles. The second-order valence-electron chi connectivity index (χ2n) is 8.61. The number of benzene rings is 1. The summed E-state index contributed by atoms with van der Waals surface area (Å²) >= 11 is 6.05. The minimum atomic E-state index is 0.245. The molecule has 0 spiro atoms. The van der Waals surface area contributed by atoms with E-state index in [1.807, 2.05) is 19.1 Å². The average molecular weight is 427 g/mol. The highest BCUT2D eigenvalue weighted by molar-refractivity contribution is 6.30. The lowest BCUT2D eigenvalue weighted by molar-refractivity contribution is -0.136. The molecule has 1 aromatic carbocycles. The molecule has 1 saturated heterocycles. The number of anilines is 1. The lowest BCUT2D eigenvalue weighted by Crippen LogP contribution is -2.51. The topological polar surface area (TPSA) is 49.3 Å². The Bertz CT molecular complexity index is 885. The van der Waals surface area contributed by atoms with Crippen molar-refractivity contribution in [3.63, 3.8) is 0 Å². The highest BCUT2D eigenvalue weighted by Gasteiger charge is 2.29. The van der Waals surface area contributed by atoms with Crippen LogP contribution in [0.5, 0.6) is 0 Å². The first-order valence-electron chi connectivity index (χ1n) is 11.1. The van der Waals surface area contributed by atoms with Gasteiger partial charge in [-0.3, -0.25) is 4.79 Å². The normalized spacial score (nSPS) is 18.0. The van der Waals surface area contributed by atoms with Crippen molar-refractivity contribution in [1.29, 1.82) is 0 Å². The van der Waals surface area contributed by atoms with Gasteiger partial charge in [0.25, 0.3) is 0 Å². The molecule has 2 fully saturated rings. The predicted molar refractivity (Wildman–Crippen MR) is 121 cm³/mol. The van der Waals surface area contributed by atoms with E-state index in [1.54, 1.807) is 0 Å². The van der Waals surface area contributed by atoms with Gasteiger partial charge in [-0.15, -0.1) is 0 Å². The van der Waals surface area contributed by atoms with E-state index in [4.69, 9.17) is 16.6 Å². The summed E-state index contributed by atoms with van der Waals surface area (Å²) in [6, 6.07) is 7.98. The Hall–Kier alpha value is -2.14. The third kappa shape index (κ3) is 4.77. The molecule has 0 atom stereocenters. The Morgan fingerprint density at radius 2 is 1.67 bits per heavy atom. The van der Waals surface area contributed by atoms with Gasteiger partial charge in [0.05, 0.1) is 0 Å². The van der Waals surface area contributed by atoms with Crippen LogP contribution in [0.4, 0.5) is 5.82 Å². The molecule has 4 rings (SSSR count). The maximum absolute atomic E-state index is 12.9. The van der Waals surface area contributed by atoms with Gasteiger partial charge in [0.15, 0.2) is 0 Å². The fourth-order valence-corrected chi connectivity index (χ4v) is 4.87. The molecule has 0 radical (unpaired) electrons. The lowest BCUT2D eigenvalue weighted by Gasteiger charge is -2.38. The molecule has 0 bridgehead atoms. The smallest absolute Gasteiger partial charge is 0.225 e. The number of nitrogens with zero attached hydrogens (tertiary/aromatic N) is 4. The summed E-state index contributed by atoms with van der Waals surface area (Å²) in [5, 5.41) is 0.745. The van der Waals surface area contributed by atoms with Crippen LogP contribution in [0, 0.1) is 19.8 Å². The lowest BCUT2D eigenvalue weighted by atomic mass is 9.88. The zero-order chi connectivity index (χ0) is 21.1. The van der Waals surface area contributed by atoms with Gasteiger partial charge in [-0.2, -0.15) is 0 Å². The van der Waals surface area contributed by atoms with Crippen molar-refractivity contribution < 1.29 is 4.79 Å². The highest BCUT2D eigenvalue weighted by atomic mass is 35.5. The molecule has 1 aliphatic heterocycles. The number of hydrogen-bond acceptors (Lipinski definition) is 4. The van der Waals surface area contributed by atoms with Crippen molar-refractivity contribution in [2.75, 3.05) is 31.1 Å². The maximum Gasteiger partial charge on any atom is 0.225 e. The van der Waals surface area contributed by atoms with Gasteiger partial charge in [-0.25, -0.2) is 9.97 Å². The molecule has 0 unspecified atom stereocenters.